The van der Waals surface area contributed by atoms with Crippen molar-refractivity contribution in [2.24, 2.45) is 0 Å². The van der Waals surface area contributed by atoms with Gasteiger partial charge in [-0.15, -0.1) is 0 Å². The first kappa shape index (κ1) is 19.6. The van der Waals surface area contributed by atoms with Crippen molar-refractivity contribution >= 4 is 11.8 Å². The third kappa shape index (κ3) is 6.27. The fourth-order valence-electron chi connectivity index (χ4n) is 2.17. The second-order valence-corrected chi connectivity index (χ2v) is 5.73. The number of nitrogens with zero attached hydrogens (tertiary/aromatic N) is 1. The largest absolute Gasteiger partial charge is 0.395 e. The first-order valence-electron chi connectivity index (χ1n) is 8.39. The molecule has 1 aromatic carbocycles. The minimum absolute atomic E-state index is 0.125. The zero-order valence-corrected chi connectivity index (χ0v) is 14.6. The summed E-state index contributed by atoms with van der Waals surface area (Å²) in [4.78, 5) is 28.0. The van der Waals surface area contributed by atoms with E-state index in [1.54, 1.807) is 0 Å². The van der Waals surface area contributed by atoms with E-state index in [1.807, 2.05) is 37.3 Å². The molecule has 0 radical (unpaired) electrons. The molecule has 3 N–H and O–H groups in total. The lowest BCUT2D eigenvalue weighted by Gasteiger charge is -2.14. The number of aliphatic hydroxyl groups excluding tert-OH is 1. The number of carbonyl (C=O) groups is 2. The third-order valence-corrected chi connectivity index (χ3v) is 3.58. The van der Waals surface area contributed by atoms with Gasteiger partial charge in [0, 0.05) is 24.8 Å². The number of hydrogen-bond acceptors (Lipinski definition) is 5. The number of aliphatic hydroxyl groups is 1. The maximum absolute atomic E-state index is 12.2. The van der Waals surface area contributed by atoms with Crippen LogP contribution in [-0.2, 0) is 11.3 Å². The Morgan fingerprint density at radius 2 is 1.92 bits per heavy atom. The van der Waals surface area contributed by atoms with Gasteiger partial charge in [0.15, 0.2) is 0 Å². The van der Waals surface area contributed by atoms with Gasteiger partial charge in [-0.05, 0) is 24.6 Å². The Bertz CT molecular complexity index is 722. The Kier molecular flexibility index (Phi) is 7.73. The van der Waals surface area contributed by atoms with Gasteiger partial charge in [-0.2, -0.15) is 0 Å². The molecule has 1 atom stereocenters. The number of hydrogen-bond donors (Lipinski definition) is 3. The zero-order chi connectivity index (χ0) is 18.8. The number of amides is 2. The molecule has 138 valence electrons. The van der Waals surface area contributed by atoms with Crippen molar-refractivity contribution in [2.45, 2.75) is 19.6 Å². The van der Waals surface area contributed by atoms with E-state index in [2.05, 4.69) is 15.6 Å². The highest BCUT2D eigenvalue weighted by Crippen LogP contribution is 2.04. The summed E-state index contributed by atoms with van der Waals surface area (Å²) < 4.78 is 5.71. The van der Waals surface area contributed by atoms with E-state index >= 15 is 0 Å². The van der Waals surface area contributed by atoms with E-state index in [4.69, 9.17) is 9.84 Å². The van der Waals surface area contributed by atoms with Crippen molar-refractivity contribution in [1.82, 2.24) is 15.6 Å². The quantitative estimate of drug-likeness (QED) is 0.625. The molecule has 2 amide bonds. The minimum Gasteiger partial charge on any atom is -0.395 e. The first-order chi connectivity index (χ1) is 12.6. The topological polar surface area (TPSA) is 101 Å². The van der Waals surface area contributed by atoms with Crippen LogP contribution in [0.25, 0.3) is 0 Å². The Hall–Kier alpha value is -2.77. The van der Waals surface area contributed by atoms with Crippen molar-refractivity contribution in [3.8, 4) is 0 Å². The van der Waals surface area contributed by atoms with Gasteiger partial charge in [0.25, 0.3) is 11.8 Å². The van der Waals surface area contributed by atoms with Crippen molar-refractivity contribution in [2.75, 3.05) is 19.7 Å². The Balaban J connectivity index is 1.82. The number of carbonyl (C=O) groups excluding carboxylic acids is 2. The van der Waals surface area contributed by atoms with E-state index in [1.165, 1.54) is 18.3 Å². The van der Waals surface area contributed by atoms with Gasteiger partial charge >= 0.3 is 0 Å². The SMILES string of the molecule is CC(CNC(=O)c1ccnc(C(=O)NCCO)c1)OCc1ccccc1. The molecule has 1 heterocycles. The molecule has 7 nitrogen and oxygen atoms in total. The van der Waals surface area contributed by atoms with Crippen LogP contribution in [0.5, 0.6) is 0 Å². The van der Waals surface area contributed by atoms with Crippen LogP contribution in [0.4, 0.5) is 0 Å². The first-order valence-corrected chi connectivity index (χ1v) is 8.39. The number of rotatable bonds is 9. The van der Waals surface area contributed by atoms with Crippen molar-refractivity contribution in [3.05, 3.63) is 65.5 Å². The Morgan fingerprint density at radius 3 is 2.65 bits per heavy atom. The standard InChI is InChI=1S/C19H23N3O4/c1-14(26-13-15-5-3-2-4-6-15)12-22-18(24)16-7-8-20-17(11-16)19(25)21-9-10-23/h2-8,11,14,23H,9-10,12-13H2,1H3,(H,21,25)(H,22,24). The molecule has 2 rings (SSSR count). The predicted octanol–water partition coefficient (Wildman–Crippen LogP) is 1.14. The minimum atomic E-state index is -0.437. The van der Waals surface area contributed by atoms with E-state index in [-0.39, 0.29) is 30.9 Å². The Morgan fingerprint density at radius 1 is 1.15 bits per heavy atom. The summed E-state index contributed by atoms with van der Waals surface area (Å²) >= 11 is 0. The highest BCUT2D eigenvalue weighted by atomic mass is 16.5. The molecular weight excluding hydrogens is 334 g/mol. The molecule has 0 aliphatic heterocycles. The normalized spacial score (nSPS) is 11.6. The van der Waals surface area contributed by atoms with Crippen LogP contribution >= 0.6 is 0 Å². The van der Waals surface area contributed by atoms with Gasteiger partial charge in [0.05, 0.1) is 19.3 Å². The van der Waals surface area contributed by atoms with Crippen LogP contribution in [0.3, 0.4) is 0 Å². The fourth-order valence-corrected chi connectivity index (χ4v) is 2.17. The summed E-state index contributed by atoms with van der Waals surface area (Å²) in [7, 11) is 0. The van der Waals surface area contributed by atoms with E-state index in [0.29, 0.717) is 18.7 Å². The van der Waals surface area contributed by atoms with Gasteiger partial charge in [-0.3, -0.25) is 14.6 Å². The molecule has 2 aromatic rings. The summed E-state index contributed by atoms with van der Waals surface area (Å²) in [6.45, 7) is 2.67. The van der Waals surface area contributed by atoms with Gasteiger partial charge < -0.3 is 20.5 Å². The maximum atomic E-state index is 12.2. The highest BCUT2D eigenvalue weighted by molar-refractivity contribution is 5.98. The predicted molar refractivity (Wildman–Crippen MR) is 96.7 cm³/mol. The van der Waals surface area contributed by atoms with Crippen molar-refractivity contribution in [3.63, 3.8) is 0 Å². The molecule has 0 spiro atoms. The molecule has 0 saturated carbocycles. The van der Waals surface area contributed by atoms with Crippen LogP contribution in [0, 0.1) is 0 Å². The molecule has 1 unspecified atom stereocenters. The van der Waals surface area contributed by atoms with E-state index < -0.39 is 5.91 Å². The average Bonchev–Trinajstić information content (AvgIpc) is 2.69. The van der Waals surface area contributed by atoms with Crippen molar-refractivity contribution in [1.29, 1.82) is 0 Å². The molecule has 0 aliphatic rings. The summed E-state index contributed by atoms with van der Waals surface area (Å²) in [6.07, 6.45) is 1.24. The molecule has 0 fully saturated rings. The van der Waals surface area contributed by atoms with E-state index in [0.717, 1.165) is 5.56 Å². The second-order valence-electron chi connectivity index (χ2n) is 5.73. The molecule has 7 heteroatoms. The molecule has 0 aliphatic carbocycles. The van der Waals surface area contributed by atoms with Crippen LogP contribution in [-0.4, -0.2) is 47.7 Å². The molecular formula is C19H23N3O4. The van der Waals surface area contributed by atoms with Crippen molar-refractivity contribution < 1.29 is 19.4 Å². The van der Waals surface area contributed by atoms with Gasteiger partial charge in [0.1, 0.15) is 5.69 Å². The second kappa shape index (κ2) is 10.3. The number of benzene rings is 1. The van der Waals surface area contributed by atoms with Crippen LogP contribution in [0.1, 0.15) is 33.3 Å². The zero-order valence-electron chi connectivity index (χ0n) is 14.6. The summed E-state index contributed by atoms with van der Waals surface area (Å²) in [5, 5.41) is 14.0. The Labute approximate surface area is 152 Å². The van der Waals surface area contributed by atoms with Crippen LogP contribution in [0.2, 0.25) is 0 Å². The third-order valence-electron chi connectivity index (χ3n) is 3.58. The van der Waals surface area contributed by atoms with Crippen LogP contribution < -0.4 is 10.6 Å². The highest BCUT2D eigenvalue weighted by Gasteiger charge is 2.12. The summed E-state index contributed by atoms with van der Waals surface area (Å²) in [5.74, 6) is -0.743. The lowest BCUT2D eigenvalue weighted by molar-refractivity contribution is 0.0509. The molecule has 1 aromatic heterocycles. The monoisotopic (exact) mass is 357 g/mol. The maximum Gasteiger partial charge on any atom is 0.269 e. The molecule has 26 heavy (non-hydrogen) atoms. The van der Waals surface area contributed by atoms with Crippen LogP contribution in [0.15, 0.2) is 48.7 Å². The van der Waals surface area contributed by atoms with Gasteiger partial charge in [-0.1, -0.05) is 30.3 Å². The van der Waals surface area contributed by atoms with Gasteiger partial charge in [0.2, 0.25) is 0 Å². The average molecular weight is 357 g/mol. The lowest BCUT2D eigenvalue weighted by atomic mass is 10.2. The number of nitrogens with one attached hydrogen (secondary N) is 2. The smallest absolute Gasteiger partial charge is 0.269 e. The summed E-state index contributed by atoms with van der Waals surface area (Å²) in [6, 6.07) is 12.7. The number of pyridine rings is 1. The summed E-state index contributed by atoms with van der Waals surface area (Å²) in [5.41, 5.74) is 1.53. The fraction of sp³-hybridized carbons (Fsp3) is 0.316. The lowest BCUT2D eigenvalue weighted by Crippen LogP contribution is -2.32. The van der Waals surface area contributed by atoms with Gasteiger partial charge in [-0.25, -0.2) is 0 Å². The number of ether oxygens (including phenoxy) is 1. The molecule has 0 saturated heterocycles. The number of aromatic nitrogens is 1. The molecule has 0 bridgehead atoms. The van der Waals surface area contributed by atoms with E-state index in [9.17, 15) is 9.59 Å².